The van der Waals surface area contributed by atoms with Crippen LogP contribution in [0.25, 0.3) is 0 Å². The first-order valence-corrected chi connectivity index (χ1v) is 2.36. The Labute approximate surface area is 88.8 Å². The summed E-state index contributed by atoms with van der Waals surface area (Å²) < 4.78 is 0. The van der Waals surface area contributed by atoms with Gasteiger partial charge in [-0.15, -0.1) is 6.08 Å². The Morgan fingerprint density at radius 2 is 2.00 bits per heavy atom. The molecular formula is C6H11K. The van der Waals surface area contributed by atoms with Gasteiger partial charge in [0.2, 0.25) is 0 Å². The zero-order valence-electron chi connectivity index (χ0n) is 5.28. The van der Waals surface area contributed by atoms with E-state index in [1.165, 1.54) is 0 Å². The van der Waals surface area contributed by atoms with Gasteiger partial charge >= 0.3 is 51.4 Å². The molecule has 0 nitrogen and oxygen atoms in total. The standard InChI is InChI=1S/C6H11.K/c1-3-5-6-4-2;/h5-6H,1,3-4H2,2H3;/q-1;+1/b6-5+;. The SMILES string of the molecule is [CH2-]C/C=C/CC.[K+]. The molecule has 0 unspecified atom stereocenters. The second-order valence-electron chi connectivity index (χ2n) is 1.17. The smallest absolute Gasteiger partial charge is 0.340 e. The van der Waals surface area contributed by atoms with Gasteiger partial charge in [0, 0.05) is 0 Å². The third kappa shape index (κ3) is 11.1. The maximum atomic E-state index is 3.64. The Balaban J connectivity index is 0. The first-order chi connectivity index (χ1) is 2.91. The summed E-state index contributed by atoms with van der Waals surface area (Å²) >= 11 is 0. The summed E-state index contributed by atoms with van der Waals surface area (Å²) in [6.07, 6.45) is 6.25. The molecule has 0 heterocycles. The van der Waals surface area contributed by atoms with E-state index in [9.17, 15) is 0 Å². The van der Waals surface area contributed by atoms with Crippen molar-refractivity contribution < 1.29 is 51.4 Å². The predicted octanol–water partition coefficient (Wildman–Crippen LogP) is -0.819. The summed E-state index contributed by atoms with van der Waals surface area (Å²) in [4.78, 5) is 0. The predicted molar refractivity (Wildman–Crippen MR) is 29.4 cm³/mol. The molecule has 0 N–H and O–H groups in total. The van der Waals surface area contributed by atoms with Crippen LogP contribution in [0.4, 0.5) is 0 Å². The van der Waals surface area contributed by atoms with E-state index >= 15 is 0 Å². The van der Waals surface area contributed by atoms with Gasteiger partial charge in [-0.2, -0.15) is 6.42 Å². The van der Waals surface area contributed by atoms with Crippen LogP contribution in [-0.4, -0.2) is 0 Å². The van der Waals surface area contributed by atoms with Crippen molar-refractivity contribution in [2.45, 2.75) is 19.8 Å². The van der Waals surface area contributed by atoms with E-state index in [1.807, 2.05) is 0 Å². The van der Waals surface area contributed by atoms with Crippen LogP contribution >= 0.6 is 0 Å². The van der Waals surface area contributed by atoms with Crippen molar-refractivity contribution in [2.24, 2.45) is 0 Å². The van der Waals surface area contributed by atoms with E-state index in [-0.39, 0.29) is 51.4 Å². The molecule has 0 aromatic heterocycles. The van der Waals surface area contributed by atoms with Crippen LogP contribution in [0.1, 0.15) is 19.8 Å². The fraction of sp³-hybridized carbons (Fsp3) is 0.500. The molecule has 0 atom stereocenters. The van der Waals surface area contributed by atoms with Gasteiger partial charge < -0.3 is 6.92 Å². The summed E-state index contributed by atoms with van der Waals surface area (Å²) in [5, 5.41) is 0. The molecule has 0 saturated carbocycles. The van der Waals surface area contributed by atoms with E-state index in [0.29, 0.717) is 0 Å². The Bertz CT molecular complexity index is 33.4. The van der Waals surface area contributed by atoms with Crippen LogP contribution in [0, 0.1) is 6.92 Å². The van der Waals surface area contributed by atoms with Gasteiger partial charge in [0.05, 0.1) is 0 Å². The topological polar surface area (TPSA) is 0 Å². The maximum absolute atomic E-state index is 3.64. The van der Waals surface area contributed by atoms with Crippen LogP contribution in [0.15, 0.2) is 12.2 Å². The van der Waals surface area contributed by atoms with E-state index < -0.39 is 0 Å². The van der Waals surface area contributed by atoms with E-state index in [2.05, 4.69) is 26.0 Å². The first-order valence-electron chi connectivity index (χ1n) is 2.36. The van der Waals surface area contributed by atoms with Gasteiger partial charge in [0.25, 0.3) is 0 Å². The van der Waals surface area contributed by atoms with Crippen molar-refractivity contribution in [3.8, 4) is 0 Å². The second-order valence-corrected chi connectivity index (χ2v) is 1.17. The van der Waals surface area contributed by atoms with Crippen molar-refractivity contribution >= 4 is 0 Å². The fourth-order valence-electron chi connectivity index (χ4n) is 0.285. The average Bonchev–Trinajstić information content (AvgIpc) is 1.61. The normalized spacial score (nSPS) is 8.86. The summed E-state index contributed by atoms with van der Waals surface area (Å²) in [6, 6.07) is 0. The Hall–Kier alpha value is 1.38. The molecule has 36 valence electrons. The minimum atomic E-state index is 0. The van der Waals surface area contributed by atoms with Gasteiger partial charge in [-0.1, -0.05) is 13.0 Å². The minimum Gasteiger partial charge on any atom is -0.340 e. The molecule has 0 amide bonds. The average molecular weight is 122 g/mol. The van der Waals surface area contributed by atoms with Crippen LogP contribution in [0.2, 0.25) is 0 Å². The van der Waals surface area contributed by atoms with E-state index in [1.54, 1.807) is 0 Å². The molecule has 0 rings (SSSR count). The molecule has 7 heavy (non-hydrogen) atoms. The molecule has 1 heteroatoms. The van der Waals surface area contributed by atoms with E-state index in [0.717, 1.165) is 12.8 Å². The van der Waals surface area contributed by atoms with E-state index in [4.69, 9.17) is 0 Å². The van der Waals surface area contributed by atoms with Crippen LogP contribution in [0.3, 0.4) is 0 Å². The Morgan fingerprint density at radius 1 is 1.43 bits per heavy atom. The zero-order valence-corrected chi connectivity index (χ0v) is 8.40. The molecule has 0 aliphatic carbocycles. The third-order valence-electron chi connectivity index (χ3n) is 0.569. The van der Waals surface area contributed by atoms with Gasteiger partial charge in [-0.05, 0) is 6.42 Å². The van der Waals surface area contributed by atoms with Crippen molar-refractivity contribution in [1.82, 2.24) is 0 Å². The summed E-state index contributed by atoms with van der Waals surface area (Å²) in [5.74, 6) is 0. The maximum Gasteiger partial charge on any atom is 1.00 e. The molecule has 0 fully saturated rings. The number of hydrogen-bond donors (Lipinski definition) is 0. The van der Waals surface area contributed by atoms with Crippen LogP contribution in [-0.2, 0) is 0 Å². The molecule has 0 aromatic rings. The number of rotatable bonds is 2. The summed E-state index contributed by atoms with van der Waals surface area (Å²) in [6.45, 7) is 5.75. The van der Waals surface area contributed by atoms with Gasteiger partial charge in [-0.25, -0.2) is 0 Å². The molecule has 0 bridgehead atoms. The number of hydrogen-bond acceptors (Lipinski definition) is 0. The summed E-state index contributed by atoms with van der Waals surface area (Å²) in [7, 11) is 0. The zero-order chi connectivity index (χ0) is 4.83. The monoisotopic (exact) mass is 122 g/mol. The fourth-order valence-corrected chi connectivity index (χ4v) is 0.285. The molecule has 0 spiro atoms. The van der Waals surface area contributed by atoms with Gasteiger partial charge in [0.1, 0.15) is 0 Å². The van der Waals surface area contributed by atoms with Crippen molar-refractivity contribution in [2.75, 3.05) is 0 Å². The van der Waals surface area contributed by atoms with Crippen molar-refractivity contribution in [3.63, 3.8) is 0 Å². The molecule has 0 aromatic carbocycles. The molecular weight excluding hydrogens is 111 g/mol. The van der Waals surface area contributed by atoms with Crippen molar-refractivity contribution in [3.05, 3.63) is 19.1 Å². The second kappa shape index (κ2) is 10.4. The molecule has 0 saturated heterocycles. The number of allylic oxidation sites excluding steroid dienone is 2. The van der Waals surface area contributed by atoms with Gasteiger partial charge in [-0.3, -0.25) is 0 Å². The van der Waals surface area contributed by atoms with Crippen LogP contribution < -0.4 is 51.4 Å². The Morgan fingerprint density at radius 3 is 2.14 bits per heavy atom. The third-order valence-corrected chi connectivity index (χ3v) is 0.569. The van der Waals surface area contributed by atoms with Crippen LogP contribution in [0.5, 0.6) is 0 Å². The first kappa shape index (κ1) is 11.2. The minimum absolute atomic E-state index is 0. The largest absolute Gasteiger partial charge is 1.00 e. The van der Waals surface area contributed by atoms with Crippen molar-refractivity contribution in [1.29, 1.82) is 0 Å². The van der Waals surface area contributed by atoms with Gasteiger partial charge in [0.15, 0.2) is 0 Å². The Kier molecular flexibility index (Phi) is 16.6. The quantitative estimate of drug-likeness (QED) is 0.255. The summed E-state index contributed by atoms with van der Waals surface area (Å²) in [5.41, 5.74) is 0. The molecule has 0 aliphatic rings. The molecule has 0 aliphatic heterocycles. The molecule has 0 radical (unpaired) electrons.